The fraction of sp³-hybridized carbons (Fsp3) is 0.294. The molecule has 0 radical (unpaired) electrons. The van der Waals surface area contributed by atoms with Crippen LogP contribution in [-0.4, -0.2) is 27.1 Å². The minimum atomic E-state index is 0.626. The van der Waals surface area contributed by atoms with Gasteiger partial charge in [-0.2, -0.15) is 0 Å². The summed E-state index contributed by atoms with van der Waals surface area (Å²) in [4.78, 5) is 0. The van der Waals surface area contributed by atoms with Crippen LogP contribution in [0.4, 0.5) is 0 Å². The second kappa shape index (κ2) is 7.37. The molecule has 0 aliphatic rings. The average Bonchev–Trinajstić information content (AvgIpc) is 3.15. The van der Waals surface area contributed by atoms with Crippen molar-refractivity contribution >= 4 is 11.8 Å². The first kappa shape index (κ1) is 15.7. The van der Waals surface area contributed by atoms with E-state index in [1.54, 1.807) is 24.4 Å². The summed E-state index contributed by atoms with van der Waals surface area (Å²) < 4.78 is 13.1. The van der Waals surface area contributed by atoms with E-state index in [0.29, 0.717) is 13.2 Å². The van der Waals surface area contributed by atoms with Crippen molar-refractivity contribution in [3.05, 3.63) is 59.8 Å². The molecule has 0 spiro atoms. The summed E-state index contributed by atoms with van der Waals surface area (Å²) in [5.74, 6) is 2.61. The van der Waals surface area contributed by atoms with Gasteiger partial charge in [0.15, 0.2) is 5.16 Å². The predicted octanol–water partition coefficient (Wildman–Crippen LogP) is 3.71. The number of furan rings is 1. The van der Waals surface area contributed by atoms with Crippen molar-refractivity contribution in [1.29, 1.82) is 0 Å². The molecule has 0 amide bonds. The van der Waals surface area contributed by atoms with Gasteiger partial charge in [-0.3, -0.25) is 0 Å². The Kier molecular flexibility index (Phi) is 5.02. The van der Waals surface area contributed by atoms with Crippen LogP contribution in [0.3, 0.4) is 0 Å². The fourth-order valence-electron chi connectivity index (χ4n) is 2.34. The van der Waals surface area contributed by atoms with E-state index in [1.165, 1.54) is 11.1 Å². The van der Waals surface area contributed by atoms with E-state index in [2.05, 4.69) is 42.2 Å². The number of benzene rings is 1. The van der Waals surface area contributed by atoms with E-state index in [-0.39, 0.29) is 0 Å². The third-order valence-corrected chi connectivity index (χ3v) is 4.21. The monoisotopic (exact) mass is 329 g/mol. The van der Waals surface area contributed by atoms with Crippen LogP contribution in [0.1, 0.15) is 16.9 Å². The molecule has 0 atom stereocenters. The Morgan fingerprint density at radius 3 is 2.78 bits per heavy atom. The molecule has 2 aromatic heterocycles. The number of thioether (sulfide) groups is 1. The first-order valence-electron chi connectivity index (χ1n) is 7.45. The molecule has 0 saturated carbocycles. The largest absolute Gasteiger partial charge is 0.493 e. The molecule has 0 aliphatic carbocycles. The van der Waals surface area contributed by atoms with Crippen LogP contribution in [0.2, 0.25) is 0 Å². The minimum absolute atomic E-state index is 0.626. The molecule has 120 valence electrons. The molecule has 23 heavy (non-hydrogen) atoms. The van der Waals surface area contributed by atoms with Gasteiger partial charge in [-0.15, -0.1) is 10.2 Å². The maximum atomic E-state index is 5.81. The smallest absolute Gasteiger partial charge is 0.191 e. The molecule has 3 aromatic rings. The number of nitrogens with zero attached hydrogens (tertiary/aromatic N) is 3. The number of rotatable bonds is 7. The lowest BCUT2D eigenvalue weighted by Gasteiger charge is -2.08. The van der Waals surface area contributed by atoms with Crippen molar-refractivity contribution in [3.63, 3.8) is 0 Å². The summed E-state index contributed by atoms with van der Waals surface area (Å²) in [7, 11) is 0. The third kappa shape index (κ3) is 4.39. The van der Waals surface area contributed by atoms with Gasteiger partial charge in [0, 0.05) is 5.75 Å². The Morgan fingerprint density at radius 2 is 2.04 bits per heavy atom. The van der Waals surface area contributed by atoms with Gasteiger partial charge in [0.1, 0.15) is 17.8 Å². The summed E-state index contributed by atoms with van der Waals surface area (Å²) in [6, 6.07) is 10.1. The Balaban J connectivity index is 1.50. The number of hydrogen-bond acceptors (Lipinski definition) is 5. The summed E-state index contributed by atoms with van der Waals surface area (Å²) >= 11 is 1.63. The topological polar surface area (TPSA) is 53.1 Å². The van der Waals surface area contributed by atoms with Crippen molar-refractivity contribution in [1.82, 2.24) is 14.8 Å². The lowest BCUT2D eigenvalue weighted by Crippen LogP contribution is -2.04. The van der Waals surface area contributed by atoms with Gasteiger partial charge in [0.25, 0.3) is 0 Å². The van der Waals surface area contributed by atoms with Crippen LogP contribution in [-0.2, 0) is 6.54 Å². The number of hydrogen-bond donors (Lipinski definition) is 0. The molecule has 0 N–H and O–H groups in total. The Labute approximate surface area is 139 Å². The van der Waals surface area contributed by atoms with E-state index in [1.807, 2.05) is 16.7 Å². The number of aromatic nitrogens is 3. The van der Waals surface area contributed by atoms with Crippen LogP contribution in [0.15, 0.2) is 52.5 Å². The summed E-state index contributed by atoms with van der Waals surface area (Å²) in [5.41, 5.74) is 2.43. The molecular weight excluding hydrogens is 310 g/mol. The maximum Gasteiger partial charge on any atom is 0.191 e. The van der Waals surface area contributed by atoms with Gasteiger partial charge in [0.05, 0.1) is 19.4 Å². The zero-order chi connectivity index (χ0) is 16.1. The third-order valence-electron chi connectivity index (χ3n) is 3.26. The number of aryl methyl sites for hydroxylation is 2. The summed E-state index contributed by atoms with van der Waals surface area (Å²) in [5, 5.41) is 8.99. The normalized spacial score (nSPS) is 10.9. The Morgan fingerprint density at radius 1 is 1.22 bits per heavy atom. The highest BCUT2D eigenvalue weighted by Crippen LogP contribution is 2.19. The standard InChI is InChI=1S/C17H19N3O2S/c1-13-8-14(2)10-16(9-13)22-6-7-23-17-19-18-12-20(17)11-15-4-3-5-21-15/h3-5,8-10,12H,6-7,11H2,1-2H3. The average molecular weight is 329 g/mol. The van der Waals surface area contributed by atoms with Crippen LogP contribution in [0, 0.1) is 13.8 Å². The lowest BCUT2D eigenvalue weighted by molar-refractivity contribution is 0.343. The summed E-state index contributed by atoms with van der Waals surface area (Å²) in [6.45, 7) is 5.42. The van der Waals surface area contributed by atoms with Crippen LogP contribution in [0.25, 0.3) is 0 Å². The molecule has 0 bridgehead atoms. The summed E-state index contributed by atoms with van der Waals surface area (Å²) in [6.07, 6.45) is 3.39. The highest BCUT2D eigenvalue weighted by molar-refractivity contribution is 7.99. The van der Waals surface area contributed by atoms with E-state index >= 15 is 0 Å². The van der Waals surface area contributed by atoms with Gasteiger partial charge < -0.3 is 13.7 Å². The first-order valence-corrected chi connectivity index (χ1v) is 8.43. The molecule has 0 saturated heterocycles. The van der Waals surface area contributed by atoms with Crippen molar-refractivity contribution in [3.8, 4) is 5.75 Å². The van der Waals surface area contributed by atoms with Gasteiger partial charge in [-0.1, -0.05) is 17.8 Å². The molecule has 0 unspecified atom stereocenters. The van der Waals surface area contributed by atoms with Crippen molar-refractivity contribution < 1.29 is 9.15 Å². The SMILES string of the molecule is Cc1cc(C)cc(OCCSc2nncn2Cc2ccco2)c1. The second-order valence-electron chi connectivity index (χ2n) is 5.34. The van der Waals surface area contributed by atoms with Gasteiger partial charge >= 0.3 is 0 Å². The van der Waals surface area contributed by atoms with Gasteiger partial charge in [0.2, 0.25) is 0 Å². The maximum absolute atomic E-state index is 5.81. The van der Waals surface area contributed by atoms with Crippen molar-refractivity contribution in [2.24, 2.45) is 0 Å². The van der Waals surface area contributed by atoms with E-state index in [0.717, 1.165) is 22.4 Å². The number of ether oxygens (including phenoxy) is 1. The molecule has 5 nitrogen and oxygen atoms in total. The lowest BCUT2D eigenvalue weighted by atomic mass is 10.1. The molecule has 0 aliphatic heterocycles. The molecule has 0 fully saturated rings. The zero-order valence-corrected chi connectivity index (χ0v) is 14.0. The quantitative estimate of drug-likeness (QED) is 0.488. The fourth-order valence-corrected chi connectivity index (χ4v) is 3.08. The first-order chi connectivity index (χ1) is 11.2. The van der Waals surface area contributed by atoms with Gasteiger partial charge in [-0.25, -0.2) is 0 Å². The molecule has 2 heterocycles. The van der Waals surface area contributed by atoms with E-state index < -0.39 is 0 Å². The minimum Gasteiger partial charge on any atom is -0.493 e. The Bertz CT molecular complexity index is 733. The van der Waals surface area contributed by atoms with E-state index in [9.17, 15) is 0 Å². The Hall–Kier alpha value is -2.21. The predicted molar refractivity (Wildman–Crippen MR) is 90.0 cm³/mol. The molecular formula is C17H19N3O2S. The van der Waals surface area contributed by atoms with Crippen molar-refractivity contribution in [2.45, 2.75) is 25.5 Å². The zero-order valence-electron chi connectivity index (χ0n) is 13.2. The van der Waals surface area contributed by atoms with Crippen molar-refractivity contribution in [2.75, 3.05) is 12.4 Å². The molecule has 1 aromatic carbocycles. The molecule has 6 heteroatoms. The van der Waals surface area contributed by atoms with Crippen LogP contribution in [0.5, 0.6) is 5.75 Å². The highest BCUT2D eigenvalue weighted by atomic mass is 32.2. The van der Waals surface area contributed by atoms with Gasteiger partial charge in [-0.05, 0) is 49.2 Å². The highest BCUT2D eigenvalue weighted by Gasteiger charge is 2.07. The van der Waals surface area contributed by atoms with E-state index in [4.69, 9.17) is 9.15 Å². The van der Waals surface area contributed by atoms with Crippen LogP contribution >= 0.6 is 11.8 Å². The van der Waals surface area contributed by atoms with Crippen LogP contribution < -0.4 is 4.74 Å². The second-order valence-corrected chi connectivity index (χ2v) is 6.40. The molecule has 3 rings (SSSR count).